The van der Waals surface area contributed by atoms with Gasteiger partial charge in [-0.3, -0.25) is 5.32 Å². The van der Waals surface area contributed by atoms with Crippen LogP contribution in [0.25, 0.3) is 0 Å². The van der Waals surface area contributed by atoms with E-state index in [0.717, 1.165) is 11.4 Å². The number of hydrogen-bond acceptors (Lipinski definition) is 8. The Balaban J connectivity index is 2.21. The van der Waals surface area contributed by atoms with Crippen molar-refractivity contribution in [3.63, 3.8) is 0 Å². The van der Waals surface area contributed by atoms with E-state index >= 15 is 0 Å². The van der Waals surface area contributed by atoms with Gasteiger partial charge in [0.15, 0.2) is 0 Å². The molecular formula is C7H9N7O. The van der Waals surface area contributed by atoms with Crippen molar-refractivity contribution in [1.82, 2.24) is 25.4 Å². The molecule has 0 aliphatic heterocycles. The first-order chi connectivity index (χ1) is 7.15. The molecule has 0 saturated carbocycles. The minimum absolute atomic E-state index is 0.0192. The summed E-state index contributed by atoms with van der Waals surface area (Å²) in [6, 6.07) is 0.117. The number of nitrogen functional groups attached to an aromatic ring is 1. The summed E-state index contributed by atoms with van der Waals surface area (Å²) < 4.78 is 4.89. The Kier molecular flexibility index (Phi) is 2.16. The zero-order chi connectivity index (χ0) is 10.8. The third-order valence-corrected chi connectivity index (χ3v) is 1.75. The maximum Gasteiger partial charge on any atom is 0.323 e. The van der Waals surface area contributed by atoms with Gasteiger partial charge in [-0.25, -0.2) is 4.98 Å². The lowest BCUT2D eigenvalue weighted by molar-refractivity contribution is 0.591. The summed E-state index contributed by atoms with van der Waals surface area (Å²) in [5, 5.41) is 17.5. The van der Waals surface area contributed by atoms with Gasteiger partial charge in [0.2, 0.25) is 0 Å². The number of aryl methyl sites for hydroxylation is 2. The number of nitrogens with one attached hydrogen (secondary N) is 1. The quantitative estimate of drug-likeness (QED) is 0.717. The minimum atomic E-state index is -0.0192. The van der Waals surface area contributed by atoms with E-state index in [1.807, 2.05) is 13.8 Å². The van der Waals surface area contributed by atoms with Crippen molar-refractivity contribution in [1.29, 1.82) is 0 Å². The Morgan fingerprint density at radius 2 is 1.87 bits per heavy atom. The van der Waals surface area contributed by atoms with E-state index in [1.54, 1.807) is 0 Å². The maximum atomic E-state index is 5.25. The molecule has 0 aromatic carbocycles. The van der Waals surface area contributed by atoms with Crippen LogP contribution in [0.4, 0.5) is 18.0 Å². The number of rotatable bonds is 2. The Morgan fingerprint density at radius 1 is 1.07 bits per heavy atom. The van der Waals surface area contributed by atoms with Gasteiger partial charge in [0, 0.05) is 0 Å². The number of nitrogens with two attached hydrogens (primary N) is 1. The first-order valence-electron chi connectivity index (χ1n) is 4.19. The van der Waals surface area contributed by atoms with Crippen molar-refractivity contribution in [3.05, 3.63) is 11.4 Å². The van der Waals surface area contributed by atoms with Crippen molar-refractivity contribution in [3.8, 4) is 0 Å². The van der Waals surface area contributed by atoms with E-state index in [4.69, 9.17) is 10.2 Å². The van der Waals surface area contributed by atoms with Crippen molar-refractivity contribution >= 4 is 18.0 Å². The van der Waals surface area contributed by atoms with Gasteiger partial charge >= 0.3 is 12.0 Å². The fraction of sp³-hybridized carbons (Fsp3) is 0.286. The van der Waals surface area contributed by atoms with Crippen LogP contribution in [0.15, 0.2) is 4.42 Å². The lowest BCUT2D eigenvalue weighted by Gasteiger charge is -2.00. The number of nitrogens with zero attached hydrogens (tertiary/aromatic N) is 5. The standard InChI is InChI=1S/C7H9N7O/c1-3-4(2)11-13-6(9-3)10-7-14-12-5(8)15-7/h1-2H3,(H2,8,12)(H,9,10,13,14). The highest BCUT2D eigenvalue weighted by molar-refractivity contribution is 5.40. The Labute approximate surface area is 84.9 Å². The average Bonchev–Trinajstić information content (AvgIpc) is 2.58. The van der Waals surface area contributed by atoms with E-state index in [9.17, 15) is 0 Å². The Hall–Kier alpha value is -2.25. The van der Waals surface area contributed by atoms with Crippen LogP contribution in [0, 0.1) is 13.8 Å². The smallest absolute Gasteiger partial charge is 0.323 e. The molecular weight excluding hydrogens is 198 g/mol. The molecule has 0 radical (unpaired) electrons. The highest BCUT2D eigenvalue weighted by Crippen LogP contribution is 2.11. The van der Waals surface area contributed by atoms with Crippen molar-refractivity contribution in [2.75, 3.05) is 11.1 Å². The normalized spacial score (nSPS) is 10.3. The fourth-order valence-electron chi connectivity index (χ4n) is 0.891. The highest BCUT2D eigenvalue weighted by Gasteiger charge is 2.06. The summed E-state index contributed by atoms with van der Waals surface area (Å²) in [4.78, 5) is 4.12. The molecule has 0 bridgehead atoms. The van der Waals surface area contributed by atoms with Crippen LogP contribution in [0.1, 0.15) is 11.4 Å². The second kappa shape index (κ2) is 3.48. The van der Waals surface area contributed by atoms with Gasteiger partial charge in [0.1, 0.15) is 0 Å². The van der Waals surface area contributed by atoms with Crippen molar-refractivity contribution < 1.29 is 4.42 Å². The summed E-state index contributed by atoms with van der Waals surface area (Å²) in [6.07, 6.45) is 0. The van der Waals surface area contributed by atoms with Crippen molar-refractivity contribution in [2.24, 2.45) is 0 Å². The van der Waals surface area contributed by atoms with Crippen LogP contribution < -0.4 is 11.1 Å². The van der Waals surface area contributed by atoms with Crippen LogP contribution in [-0.2, 0) is 0 Å². The number of hydrogen-bond donors (Lipinski definition) is 2. The van der Waals surface area contributed by atoms with Gasteiger partial charge in [-0.1, -0.05) is 10.2 Å². The highest BCUT2D eigenvalue weighted by atomic mass is 16.4. The van der Waals surface area contributed by atoms with Gasteiger partial charge in [-0.05, 0) is 13.8 Å². The molecule has 2 heterocycles. The van der Waals surface area contributed by atoms with Gasteiger partial charge in [0.25, 0.3) is 5.95 Å². The van der Waals surface area contributed by atoms with E-state index in [2.05, 4.69) is 30.7 Å². The molecule has 0 amide bonds. The lowest BCUT2D eigenvalue weighted by Crippen LogP contribution is -2.02. The molecule has 8 heteroatoms. The van der Waals surface area contributed by atoms with Crippen molar-refractivity contribution in [2.45, 2.75) is 13.8 Å². The second-order valence-corrected chi connectivity index (χ2v) is 2.88. The molecule has 0 aliphatic carbocycles. The predicted octanol–water partition coefficient (Wildman–Crippen LogP) is 0.197. The van der Waals surface area contributed by atoms with Gasteiger partial charge in [-0.15, -0.1) is 5.10 Å². The molecule has 8 nitrogen and oxygen atoms in total. The topological polar surface area (TPSA) is 116 Å². The van der Waals surface area contributed by atoms with E-state index in [1.165, 1.54) is 0 Å². The molecule has 15 heavy (non-hydrogen) atoms. The van der Waals surface area contributed by atoms with Crippen LogP contribution in [0.3, 0.4) is 0 Å². The molecule has 0 fully saturated rings. The molecule has 2 aromatic heterocycles. The van der Waals surface area contributed by atoms with E-state index < -0.39 is 0 Å². The Bertz CT molecular complexity index is 480. The summed E-state index contributed by atoms with van der Waals surface area (Å²) in [7, 11) is 0. The summed E-state index contributed by atoms with van der Waals surface area (Å²) in [5.41, 5.74) is 6.80. The summed E-state index contributed by atoms with van der Waals surface area (Å²) in [5.74, 6) is 0.293. The van der Waals surface area contributed by atoms with E-state index in [0.29, 0.717) is 5.95 Å². The average molecular weight is 207 g/mol. The zero-order valence-corrected chi connectivity index (χ0v) is 8.22. The summed E-state index contributed by atoms with van der Waals surface area (Å²) in [6.45, 7) is 3.65. The lowest BCUT2D eigenvalue weighted by atomic mass is 10.4. The molecule has 2 rings (SSSR count). The van der Waals surface area contributed by atoms with Gasteiger partial charge in [0.05, 0.1) is 11.4 Å². The molecule has 0 atom stereocenters. The molecule has 0 unspecified atom stereocenters. The predicted molar refractivity (Wildman–Crippen MR) is 51.3 cm³/mol. The molecule has 0 spiro atoms. The largest absolute Gasteiger partial charge is 0.389 e. The second-order valence-electron chi connectivity index (χ2n) is 2.88. The minimum Gasteiger partial charge on any atom is -0.389 e. The van der Waals surface area contributed by atoms with Crippen LogP contribution in [-0.4, -0.2) is 25.4 Å². The van der Waals surface area contributed by atoms with Crippen LogP contribution >= 0.6 is 0 Å². The number of aromatic nitrogens is 5. The molecule has 78 valence electrons. The zero-order valence-electron chi connectivity index (χ0n) is 8.22. The molecule has 0 aliphatic rings. The van der Waals surface area contributed by atoms with Crippen LogP contribution in [0.5, 0.6) is 0 Å². The van der Waals surface area contributed by atoms with Gasteiger partial charge in [-0.2, -0.15) is 5.10 Å². The first-order valence-corrected chi connectivity index (χ1v) is 4.19. The van der Waals surface area contributed by atoms with Crippen LogP contribution in [0.2, 0.25) is 0 Å². The molecule has 0 saturated heterocycles. The maximum absolute atomic E-state index is 5.25. The SMILES string of the molecule is Cc1nnc(Nc2nnc(N)o2)nc1C. The monoisotopic (exact) mass is 207 g/mol. The molecule has 3 N–H and O–H groups in total. The summed E-state index contributed by atoms with van der Waals surface area (Å²) >= 11 is 0. The molecule has 2 aromatic rings. The van der Waals surface area contributed by atoms with E-state index in [-0.39, 0.29) is 12.0 Å². The van der Waals surface area contributed by atoms with Gasteiger partial charge < -0.3 is 10.2 Å². The number of anilines is 3. The fourth-order valence-corrected chi connectivity index (χ4v) is 0.891. The third-order valence-electron chi connectivity index (χ3n) is 1.75. The Morgan fingerprint density at radius 3 is 2.47 bits per heavy atom. The first kappa shape index (κ1) is 9.31. The third kappa shape index (κ3) is 1.98.